The van der Waals surface area contributed by atoms with Gasteiger partial charge in [-0.1, -0.05) is 51.5 Å². The van der Waals surface area contributed by atoms with Gasteiger partial charge in [0.1, 0.15) is 17.6 Å². The molecule has 0 fully saturated rings. The fraction of sp³-hybridized carbons (Fsp3) is 0.342. The number of fused-ring (bicyclic) bond motifs is 7. The third kappa shape index (κ3) is 7.30. The van der Waals surface area contributed by atoms with Crippen LogP contribution in [0, 0.1) is 34.3 Å². The van der Waals surface area contributed by atoms with Crippen molar-refractivity contribution in [2.45, 2.75) is 58.9 Å². The van der Waals surface area contributed by atoms with Crippen LogP contribution in [-0.4, -0.2) is 41.6 Å². The molecule has 3 aromatic carbocycles. The maximum absolute atomic E-state index is 15.8. The zero-order valence-corrected chi connectivity index (χ0v) is 28.4. The number of aromatic nitrogens is 3. The number of benzene rings is 3. The van der Waals surface area contributed by atoms with Crippen molar-refractivity contribution in [3.05, 3.63) is 101 Å². The minimum Gasteiger partial charge on any atom is -0.481 e. The summed E-state index contributed by atoms with van der Waals surface area (Å²) in [5.74, 6) is -1.81. The van der Waals surface area contributed by atoms with Crippen molar-refractivity contribution < 1.29 is 27.6 Å². The number of hydrogen-bond acceptors (Lipinski definition) is 5. The quantitative estimate of drug-likeness (QED) is 0.196. The lowest BCUT2D eigenvalue weighted by Crippen LogP contribution is -2.23. The number of aryl methyl sites for hydroxylation is 1. The van der Waals surface area contributed by atoms with E-state index in [2.05, 4.69) is 30.0 Å². The lowest BCUT2D eigenvalue weighted by atomic mass is 9.87. The molecular weight excluding hydrogens is 647 g/mol. The molecule has 1 aliphatic heterocycles. The number of nitriles is 1. The average molecular weight is 685 g/mol. The predicted molar refractivity (Wildman–Crippen MR) is 185 cm³/mol. The predicted octanol–water partition coefficient (Wildman–Crippen LogP) is 8.33. The van der Waals surface area contributed by atoms with Crippen molar-refractivity contribution >= 4 is 27.7 Å². The van der Waals surface area contributed by atoms with Gasteiger partial charge in [-0.15, -0.1) is 0 Å². The molecule has 2 aromatic heterocycles. The lowest BCUT2D eigenvalue weighted by Gasteiger charge is -2.27. The largest absolute Gasteiger partial charge is 0.481 e. The van der Waals surface area contributed by atoms with Gasteiger partial charge < -0.3 is 14.8 Å². The van der Waals surface area contributed by atoms with E-state index in [1.807, 2.05) is 30.3 Å². The van der Waals surface area contributed by atoms with E-state index in [4.69, 9.17) is 4.74 Å². The van der Waals surface area contributed by atoms with Crippen LogP contribution in [0.3, 0.4) is 0 Å². The highest BCUT2D eigenvalue weighted by Crippen LogP contribution is 2.40. The van der Waals surface area contributed by atoms with Crippen LogP contribution in [0.25, 0.3) is 22.2 Å². The van der Waals surface area contributed by atoms with Gasteiger partial charge in [0.25, 0.3) is 0 Å². The molecule has 3 heterocycles. The Bertz CT molecular complexity index is 2100. The van der Waals surface area contributed by atoms with Gasteiger partial charge in [-0.3, -0.25) is 13.7 Å². The number of ether oxygens (including phenoxy) is 1. The number of aliphatic carboxylic acids is 1. The summed E-state index contributed by atoms with van der Waals surface area (Å²) in [7, 11) is -1.21. The van der Waals surface area contributed by atoms with E-state index in [0.29, 0.717) is 48.3 Å². The van der Waals surface area contributed by atoms with Gasteiger partial charge in [-0.25, -0.2) is 8.78 Å². The molecule has 3 unspecified atom stereocenters. The number of carboxylic acid groups (broad SMARTS) is 1. The summed E-state index contributed by atoms with van der Waals surface area (Å²) in [6.07, 6.45) is 5.75. The Morgan fingerprint density at radius 3 is 2.80 bits per heavy atom. The monoisotopic (exact) mass is 684 g/mol. The molecule has 0 saturated carbocycles. The highest BCUT2D eigenvalue weighted by Gasteiger charge is 2.28. The topological polar surface area (TPSA) is 121 Å². The molecule has 11 heteroatoms. The highest BCUT2D eigenvalue weighted by atomic mass is 32.2. The van der Waals surface area contributed by atoms with Crippen LogP contribution in [0.5, 0.6) is 11.5 Å². The summed E-state index contributed by atoms with van der Waals surface area (Å²) >= 11 is 0. The fourth-order valence-corrected chi connectivity index (χ4v) is 8.36. The molecule has 49 heavy (non-hydrogen) atoms. The van der Waals surface area contributed by atoms with E-state index in [1.54, 1.807) is 17.8 Å². The molecule has 8 nitrogen and oxygen atoms in total. The lowest BCUT2D eigenvalue weighted by molar-refractivity contribution is -0.141. The first-order valence-corrected chi connectivity index (χ1v) is 17.8. The van der Waals surface area contributed by atoms with Crippen molar-refractivity contribution in [3.8, 4) is 28.8 Å². The summed E-state index contributed by atoms with van der Waals surface area (Å²) in [5.41, 5.74) is 3.02. The molecule has 3 atom stereocenters. The summed E-state index contributed by atoms with van der Waals surface area (Å²) in [6, 6.07) is 16.6. The SMILES string of the molecule is CC(Cc1cccc(C2CCCC(C)(C)CS(=O)CCc3c(c(F)cc4[nH]ccc34)Oc3ccc(F)c(c3)-c3c(C#N)cnn32)c1)C(=O)O. The number of hydrogen-bond donors (Lipinski definition) is 2. The normalized spacial score (nSPS) is 18.8. The maximum Gasteiger partial charge on any atom is 0.306 e. The van der Waals surface area contributed by atoms with Gasteiger partial charge in [-0.2, -0.15) is 10.4 Å². The molecule has 0 radical (unpaired) electrons. The Balaban J connectivity index is 1.52. The van der Waals surface area contributed by atoms with Crippen molar-refractivity contribution in [1.82, 2.24) is 14.8 Å². The van der Waals surface area contributed by atoms with Gasteiger partial charge in [0, 0.05) is 56.6 Å². The first-order valence-electron chi connectivity index (χ1n) is 16.3. The molecule has 5 aromatic rings. The molecule has 0 saturated heterocycles. The van der Waals surface area contributed by atoms with Crippen molar-refractivity contribution in [3.63, 3.8) is 0 Å². The standard InChI is InChI=1S/C38H38F2N4O4S/c1-23(37(45)46)16-24-6-4-7-25(17-24)34-8-5-13-38(2,3)22-49(47)15-12-29-28-11-14-42-33(28)19-32(40)36(29)48-27-9-10-31(39)30(18-27)35-26(20-41)21-43-44(34)35/h4,6-7,9-11,14,17-19,21,23,34,42H,5,8,12-13,15-16,22H2,1-3H3,(H,45,46). The third-order valence-electron chi connectivity index (χ3n) is 9.25. The summed E-state index contributed by atoms with van der Waals surface area (Å²) in [6.45, 7) is 5.82. The zero-order valence-electron chi connectivity index (χ0n) is 27.6. The number of nitrogens with zero attached hydrogens (tertiary/aromatic N) is 3. The van der Waals surface area contributed by atoms with Gasteiger partial charge in [-0.05, 0) is 66.5 Å². The summed E-state index contributed by atoms with van der Waals surface area (Å²) in [5, 5.41) is 25.1. The number of aromatic amines is 1. The summed E-state index contributed by atoms with van der Waals surface area (Å²) < 4.78 is 52.9. The van der Waals surface area contributed by atoms with Crippen LogP contribution in [-0.2, 0) is 28.4 Å². The minimum absolute atomic E-state index is 0.0236. The van der Waals surface area contributed by atoms with E-state index in [-0.39, 0.29) is 33.7 Å². The molecular formula is C38H38F2N4O4S. The molecule has 6 rings (SSSR count). The van der Waals surface area contributed by atoms with Crippen LogP contribution in [0.2, 0.25) is 0 Å². The third-order valence-corrected chi connectivity index (χ3v) is 11.0. The van der Waals surface area contributed by atoms with Crippen LogP contribution >= 0.6 is 0 Å². The smallest absolute Gasteiger partial charge is 0.306 e. The zero-order chi connectivity index (χ0) is 34.9. The van der Waals surface area contributed by atoms with Crippen LogP contribution in [0.1, 0.15) is 68.3 Å². The van der Waals surface area contributed by atoms with Gasteiger partial charge in [0.2, 0.25) is 0 Å². The second-order valence-electron chi connectivity index (χ2n) is 13.6. The van der Waals surface area contributed by atoms with Gasteiger partial charge in [0.15, 0.2) is 11.6 Å². The highest BCUT2D eigenvalue weighted by molar-refractivity contribution is 7.85. The van der Waals surface area contributed by atoms with Crippen LogP contribution in [0.15, 0.2) is 67.0 Å². The Labute approximate surface area is 286 Å². The van der Waals surface area contributed by atoms with Crippen LogP contribution in [0.4, 0.5) is 8.78 Å². The van der Waals surface area contributed by atoms with E-state index >= 15 is 8.78 Å². The fourth-order valence-electron chi connectivity index (χ4n) is 6.77. The van der Waals surface area contributed by atoms with E-state index < -0.39 is 40.4 Å². The molecule has 0 spiro atoms. The molecule has 2 bridgehead atoms. The van der Waals surface area contributed by atoms with Crippen molar-refractivity contribution in [2.75, 3.05) is 11.5 Å². The van der Waals surface area contributed by atoms with Crippen LogP contribution < -0.4 is 4.74 Å². The van der Waals surface area contributed by atoms with Gasteiger partial charge >= 0.3 is 5.97 Å². The molecule has 1 aliphatic rings. The first-order chi connectivity index (χ1) is 23.4. The second kappa shape index (κ2) is 14.0. The van der Waals surface area contributed by atoms with Crippen molar-refractivity contribution in [2.24, 2.45) is 11.3 Å². The minimum atomic E-state index is -1.21. The Morgan fingerprint density at radius 2 is 2.02 bits per heavy atom. The van der Waals surface area contributed by atoms with Crippen molar-refractivity contribution in [1.29, 1.82) is 5.26 Å². The van der Waals surface area contributed by atoms with Gasteiger partial charge in [0.05, 0.1) is 29.4 Å². The molecule has 0 amide bonds. The number of rotatable bonds is 4. The number of nitrogens with one attached hydrogen (secondary N) is 1. The Morgan fingerprint density at radius 1 is 1.20 bits per heavy atom. The number of H-pyrrole nitrogens is 1. The van der Waals surface area contributed by atoms with E-state index in [9.17, 15) is 19.4 Å². The van der Waals surface area contributed by atoms with E-state index in [0.717, 1.165) is 22.9 Å². The molecule has 2 N–H and O–H groups in total. The molecule has 254 valence electrons. The average Bonchev–Trinajstić information content (AvgIpc) is 3.70. The van der Waals surface area contributed by atoms with E-state index in [1.165, 1.54) is 30.5 Å². The number of carboxylic acids is 1. The second-order valence-corrected chi connectivity index (χ2v) is 15.2. The Kier molecular flexibility index (Phi) is 9.70. The first kappa shape index (κ1) is 34.1. The number of halogens is 2. The molecule has 0 aliphatic carbocycles. The maximum atomic E-state index is 15.8. The summed E-state index contributed by atoms with van der Waals surface area (Å²) in [4.78, 5) is 14.7. The number of carbonyl (C=O) groups is 1. The Hall–Kier alpha value is -4.82.